The van der Waals surface area contributed by atoms with E-state index in [0.717, 1.165) is 55.8 Å². The lowest BCUT2D eigenvalue weighted by atomic mass is 9.93. The monoisotopic (exact) mass is 1020 g/mol. The Morgan fingerprint density at radius 3 is 0.986 bits per heavy atom. The molecule has 0 aliphatic carbocycles. The number of amides is 2. The number of unbranched alkanes of at least 4 members (excludes halogenated alkanes) is 24. The molecule has 70 heavy (non-hydrogen) atoms. The quantitative estimate of drug-likeness (QED) is 0.0370. The maximum Gasteiger partial charge on any atom is 0.260 e. The molecule has 4 nitrogen and oxygen atoms in total. The molecule has 2 aliphatic rings. The van der Waals surface area contributed by atoms with Crippen LogP contribution in [0.25, 0.3) is 29.9 Å². The van der Waals surface area contributed by atoms with Crippen molar-refractivity contribution < 1.29 is 9.59 Å². The van der Waals surface area contributed by atoms with Gasteiger partial charge in [-0.2, -0.15) is 0 Å². The third-order valence-electron chi connectivity index (χ3n) is 15.7. The average molecular weight is 1020 g/mol. The summed E-state index contributed by atoms with van der Waals surface area (Å²) in [4.78, 5) is 37.3. The predicted octanol–water partition coefficient (Wildman–Crippen LogP) is 19.1. The number of hydrogen-bond donors (Lipinski definition) is 0. The number of carbonyl (C=O) groups is 2. The first-order valence-electron chi connectivity index (χ1n) is 29.0. The first kappa shape index (κ1) is 55.0. The van der Waals surface area contributed by atoms with E-state index in [0.29, 0.717) is 11.8 Å². The second-order valence-corrected chi connectivity index (χ2v) is 25.4. The Morgan fingerprint density at radius 2 is 0.686 bits per heavy atom. The minimum atomic E-state index is 0.156. The van der Waals surface area contributed by atoms with Crippen molar-refractivity contribution in [2.45, 2.75) is 233 Å². The number of benzene rings is 1. The van der Waals surface area contributed by atoms with Gasteiger partial charge < -0.3 is 9.80 Å². The number of thiophene rings is 4. The predicted molar refractivity (Wildman–Crippen MR) is 312 cm³/mol. The SMILES string of the molecule is CCCCCCCCCCC(CCCCCCCC)CN1C(=O)C(c2cc3sccc3s2)=c2cc3c(cc21)=C(c1cc2sccc2s1)C(=O)N3CC(CCCCCCCC)CCCCCCCCCC. The standard InChI is InChI=1S/C62H90N2O2S4/c1-5-9-13-17-21-23-27-31-35-47(33-29-25-19-15-11-7-3)45-63-51-41-50-52(42-49(51)59(61(63)65)57-43-55-53(69-57)37-39-67-55)64(62(66)60(50)58-44-56-54(70-58)38-40-68-56)46-48(34-30-26-20-16-12-8-4)36-32-28-24-22-18-14-10-6-2/h37-44,47-48H,5-36,45-46H2,1-4H3. The first-order chi connectivity index (χ1) is 34.4. The van der Waals surface area contributed by atoms with Gasteiger partial charge >= 0.3 is 0 Å². The van der Waals surface area contributed by atoms with Crippen LogP contribution in [-0.2, 0) is 9.59 Å². The zero-order chi connectivity index (χ0) is 48.9. The fourth-order valence-corrected chi connectivity index (χ4v) is 15.8. The molecular formula is C62H90N2O2S4. The third-order valence-corrected chi connectivity index (χ3v) is 19.9. The molecule has 1 aromatic carbocycles. The van der Waals surface area contributed by atoms with Gasteiger partial charge in [0, 0.05) is 52.1 Å². The zero-order valence-electron chi connectivity index (χ0n) is 44.2. The Bertz CT molecular complexity index is 2240. The van der Waals surface area contributed by atoms with Gasteiger partial charge in [0.15, 0.2) is 0 Å². The van der Waals surface area contributed by atoms with Crippen molar-refractivity contribution in [1.82, 2.24) is 0 Å². The van der Waals surface area contributed by atoms with Crippen molar-refractivity contribution in [1.29, 1.82) is 0 Å². The molecule has 0 bridgehead atoms. The van der Waals surface area contributed by atoms with E-state index in [2.05, 4.69) is 84.7 Å². The molecule has 2 atom stereocenters. The molecule has 5 aromatic rings. The Hall–Kier alpha value is -2.78. The molecule has 8 heteroatoms. The number of fused-ring (bicyclic) bond motifs is 4. The van der Waals surface area contributed by atoms with Gasteiger partial charge in [0.05, 0.1) is 22.5 Å². The van der Waals surface area contributed by atoms with E-state index in [-0.39, 0.29) is 11.8 Å². The Kier molecular flexibility index (Phi) is 23.4. The highest BCUT2D eigenvalue weighted by molar-refractivity contribution is 7.28. The summed E-state index contributed by atoms with van der Waals surface area (Å²) in [6, 6.07) is 13.6. The molecule has 0 spiro atoms. The van der Waals surface area contributed by atoms with Crippen LogP contribution in [0.1, 0.15) is 243 Å². The Labute approximate surface area is 440 Å². The van der Waals surface area contributed by atoms with Crippen LogP contribution in [0, 0.1) is 11.8 Å². The minimum Gasteiger partial charge on any atom is -0.307 e. The van der Waals surface area contributed by atoms with Crippen LogP contribution in [0.3, 0.4) is 0 Å². The normalized spacial score (nSPS) is 14.6. The number of anilines is 2. The van der Waals surface area contributed by atoms with E-state index in [1.807, 2.05) is 0 Å². The molecule has 2 amide bonds. The summed E-state index contributed by atoms with van der Waals surface area (Å²) in [6.45, 7) is 10.7. The van der Waals surface area contributed by atoms with Crippen molar-refractivity contribution in [3.63, 3.8) is 0 Å². The summed E-state index contributed by atoms with van der Waals surface area (Å²) in [6.07, 6.45) is 41.3. The van der Waals surface area contributed by atoms with Crippen molar-refractivity contribution in [2.75, 3.05) is 22.9 Å². The van der Waals surface area contributed by atoms with Crippen LogP contribution >= 0.6 is 45.3 Å². The smallest absolute Gasteiger partial charge is 0.260 e. The lowest BCUT2D eigenvalue weighted by Crippen LogP contribution is -2.35. The molecule has 7 rings (SSSR count). The van der Waals surface area contributed by atoms with Gasteiger partial charge in [0.1, 0.15) is 0 Å². The second kappa shape index (κ2) is 29.8. The van der Waals surface area contributed by atoms with Gasteiger partial charge in [-0.1, -0.05) is 207 Å². The summed E-state index contributed by atoms with van der Waals surface area (Å²) in [5.41, 5.74) is 3.73. The molecule has 2 aliphatic heterocycles. The summed E-state index contributed by atoms with van der Waals surface area (Å²) in [5, 5.41) is 6.40. The number of carbonyl (C=O) groups excluding carboxylic acids is 2. The maximum atomic E-state index is 15.4. The van der Waals surface area contributed by atoms with Gasteiger partial charge in [0.2, 0.25) is 0 Å². The second-order valence-electron chi connectivity index (χ2n) is 21.4. The molecule has 0 radical (unpaired) electrons. The largest absolute Gasteiger partial charge is 0.307 e. The van der Waals surface area contributed by atoms with Crippen LogP contribution in [0.4, 0.5) is 11.4 Å². The highest BCUT2D eigenvalue weighted by Gasteiger charge is 2.38. The molecule has 384 valence electrons. The fourth-order valence-electron chi connectivity index (χ4n) is 11.5. The van der Waals surface area contributed by atoms with E-state index in [9.17, 15) is 0 Å². The summed E-state index contributed by atoms with van der Waals surface area (Å²) in [7, 11) is 0. The zero-order valence-corrected chi connectivity index (χ0v) is 47.4. The van der Waals surface area contributed by atoms with Crippen molar-refractivity contribution in [2.24, 2.45) is 11.8 Å². The first-order valence-corrected chi connectivity index (χ1v) is 32.4. The van der Waals surface area contributed by atoms with Crippen molar-refractivity contribution in [3.8, 4) is 0 Å². The lowest BCUT2D eigenvalue weighted by Gasteiger charge is -2.27. The van der Waals surface area contributed by atoms with Crippen LogP contribution in [0.15, 0.2) is 47.2 Å². The maximum absolute atomic E-state index is 15.4. The van der Waals surface area contributed by atoms with E-state index in [4.69, 9.17) is 0 Å². The highest BCUT2D eigenvalue weighted by atomic mass is 32.1. The van der Waals surface area contributed by atoms with Crippen molar-refractivity contribution in [3.05, 3.63) is 67.3 Å². The molecular weight excluding hydrogens is 933 g/mol. The molecule has 2 unspecified atom stereocenters. The van der Waals surface area contributed by atoms with Gasteiger partial charge in [-0.05, 0) is 84.7 Å². The van der Waals surface area contributed by atoms with Crippen LogP contribution < -0.4 is 20.2 Å². The summed E-state index contributed by atoms with van der Waals surface area (Å²) >= 11 is 7.06. The summed E-state index contributed by atoms with van der Waals surface area (Å²) < 4.78 is 5.00. The molecule has 0 saturated carbocycles. The molecule has 0 N–H and O–H groups in total. The lowest BCUT2D eigenvalue weighted by molar-refractivity contribution is -0.114. The number of rotatable bonds is 38. The molecule has 0 saturated heterocycles. The van der Waals surface area contributed by atoms with Crippen LogP contribution in [0.5, 0.6) is 0 Å². The van der Waals surface area contributed by atoms with Gasteiger partial charge in [-0.25, -0.2) is 0 Å². The summed E-state index contributed by atoms with van der Waals surface area (Å²) in [5.74, 6) is 1.21. The van der Waals surface area contributed by atoms with Gasteiger partial charge in [-0.3, -0.25) is 9.59 Å². The minimum absolute atomic E-state index is 0.156. The molecule has 6 heterocycles. The van der Waals surface area contributed by atoms with Crippen molar-refractivity contribution >= 4 is 98.5 Å². The number of nitrogens with zero attached hydrogens (tertiary/aromatic N) is 2. The van der Waals surface area contributed by atoms with E-state index >= 15 is 9.59 Å². The van der Waals surface area contributed by atoms with Crippen LogP contribution in [0.2, 0.25) is 0 Å². The topological polar surface area (TPSA) is 40.6 Å². The highest BCUT2D eigenvalue weighted by Crippen LogP contribution is 2.40. The Balaban J connectivity index is 1.23. The molecule has 4 aromatic heterocycles. The van der Waals surface area contributed by atoms with Gasteiger partial charge in [-0.15, -0.1) is 45.3 Å². The van der Waals surface area contributed by atoms with E-state index in [1.54, 1.807) is 45.3 Å². The van der Waals surface area contributed by atoms with E-state index < -0.39 is 0 Å². The fraction of sp³-hybridized carbons (Fsp3) is 0.645. The average Bonchev–Trinajstić information content (AvgIpc) is 4.22. The Morgan fingerprint density at radius 1 is 0.386 bits per heavy atom. The van der Waals surface area contributed by atoms with Gasteiger partial charge in [0.25, 0.3) is 11.8 Å². The molecule has 0 fully saturated rings. The number of hydrogen-bond acceptors (Lipinski definition) is 6. The van der Waals surface area contributed by atoms with E-state index in [1.165, 1.54) is 224 Å². The third kappa shape index (κ3) is 15.2. The van der Waals surface area contributed by atoms with Crippen LogP contribution in [-0.4, -0.2) is 24.9 Å².